The van der Waals surface area contributed by atoms with E-state index in [9.17, 15) is 9.59 Å². The van der Waals surface area contributed by atoms with Gasteiger partial charge in [-0.1, -0.05) is 0 Å². The van der Waals surface area contributed by atoms with E-state index in [0.717, 1.165) is 0 Å². The van der Waals surface area contributed by atoms with Crippen LogP contribution in [0.2, 0.25) is 0 Å². The molecule has 0 spiro atoms. The number of rotatable bonds is 4. The van der Waals surface area contributed by atoms with Crippen LogP contribution in [0.3, 0.4) is 0 Å². The standard InChI is InChI=1S/2C3H7NO2S.2Au/c2*4-2(1-7)3(5)6;;/h2*2,7H,1,4H2,(H,5,6);;/t2*2-;;/m00../s1. The zero-order chi connectivity index (χ0) is 11.7. The Morgan fingerprint density at radius 2 is 1.12 bits per heavy atom. The minimum Gasteiger partial charge on any atom is -0.480 e. The molecule has 6 nitrogen and oxygen atoms in total. The zero-order valence-corrected chi connectivity index (χ0v) is 14.1. The third-order valence-corrected chi connectivity index (χ3v) is 1.81. The van der Waals surface area contributed by atoms with E-state index in [1.165, 1.54) is 0 Å². The maximum absolute atomic E-state index is 9.76. The van der Waals surface area contributed by atoms with Gasteiger partial charge in [-0.2, -0.15) is 25.3 Å². The molecule has 6 N–H and O–H groups in total. The second-order valence-electron chi connectivity index (χ2n) is 2.25. The number of nitrogens with two attached hydrogens (primary N) is 2. The van der Waals surface area contributed by atoms with Gasteiger partial charge in [0.2, 0.25) is 0 Å². The van der Waals surface area contributed by atoms with Gasteiger partial charge in [-0.15, -0.1) is 0 Å². The van der Waals surface area contributed by atoms with Crippen molar-refractivity contribution in [3.05, 3.63) is 0 Å². The van der Waals surface area contributed by atoms with E-state index in [2.05, 4.69) is 25.3 Å². The van der Waals surface area contributed by atoms with Crippen molar-refractivity contribution < 1.29 is 64.6 Å². The van der Waals surface area contributed by atoms with E-state index < -0.39 is 24.0 Å². The Balaban J connectivity index is -0.0000000800. The van der Waals surface area contributed by atoms with Gasteiger partial charge in [0.1, 0.15) is 12.1 Å². The molecule has 106 valence electrons. The number of aliphatic carboxylic acids is 2. The first-order chi connectivity index (χ1) is 6.36. The van der Waals surface area contributed by atoms with Crippen LogP contribution in [0.5, 0.6) is 0 Å². The van der Waals surface area contributed by atoms with E-state index in [1.807, 2.05) is 0 Å². The molecule has 2 radical (unpaired) electrons. The maximum atomic E-state index is 9.76. The third kappa shape index (κ3) is 17.4. The summed E-state index contributed by atoms with van der Waals surface area (Å²) in [7, 11) is 0. The molecule has 10 heteroatoms. The fourth-order valence-corrected chi connectivity index (χ4v) is 0.469. The van der Waals surface area contributed by atoms with Gasteiger partial charge in [-0.05, 0) is 0 Å². The molecular formula is C6H14Au2N2O4S2. The first kappa shape index (κ1) is 25.8. The molecule has 0 unspecified atom stereocenters. The Kier molecular flexibility index (Phi) is 25.8. The molecule has 0 aliphatic heterocycles. The fraction of sp³-hybridized carbons (Fsp3) is 0.667. The fourth-order valence-electron chi connectivity index (χ4n) is 0.156. The van der Waals surface area contributed by atoms with Crippen molar-refractivity contribution in [2.45, 2.75) is 12.1 Å². The molecule has 2 atom stereocenters. The van der Waals surface area contributed by atoms with Crippen molar-refractivity contribution in [2.24, 2.45) is 11.5 Å². The van der Waals surface area contributed by atoms with Gasteiger partial charge in [-0.3, -0.25) is 9.59 Å². The van der Waals surface area contributed by atoms with E-state index >= 15 is 0 Å². The summed E-state index contributed by atoms with van der Waals surface area (Å²) >= 11 is 7.30. The second-order valence-corrected chi connectivity index (χ2v) is 2.98. The third-order valence-electron chi connectivity index (χ3n) is 1.03. The summed E-state index contributed by atoms with van der Waals surface area (Å²) < 4.78 is 0. The van der Waals surface area contributed by atoms with Crippen LogP contribution in [0.25, 0.3) is 0 Å². The molecule has 0 rings (SSSR count). The van der Waals surface area contributed by atoms with Gasteiger partial charge >= 0.3 is 11.9 Å². The minimum absolute atomic E-state index is 0. The average Bonchev–Trinajstić information content (AvgIpc) is 2.15. The van der Waals surface area contributed by atoms with Gasteiger partial charge < -0.3 is 21.7 Å². The van der Waals surface area contributed by atoms with E-state index in [1.54, 1.807) is 0 Å². The van der Waals surface area contributed by atoms with E-state index in [4.69, 9.17) is 21.7 Å². The quantitative estimate of drug-likeness (QED) is 0.168. The SMILES string of the molecule is N[C@@H](CS)C(=O)O.N[C@@H](CS)C(=O)O.[Au].[Au]. The van der Waals surface area contributed by atoms with Crippen molar-refractivity contribution in [1.29, 1.82) is 0 Å². The Hall–Kier alpha value is 1.04. The van der Waals surface area contributed by atoms with Crippen LogP contribution < -0.4 is 11.5 Å². The Morgan fingerprint density at radius 1 is 0.938 bits per heavy atom. The van der Waals surface area contributed by atoms with Gasteiger partial charge in [0.25, 0.3) is 0 Å². The van der Waals surface area contributed by atoms with Crippen LogP contribution in [-0.2, 0) is 54.3 Å². The molecule has 0 fully saturated rings. The van der Waals surface area contributed by atoms with Crippen LogP contribution in [0.15, 0.2) is 0 Å². The van der Waals surface area contributed by atoms with Crippen molar-refractivity contribution in [2.75, 3.05) is 11.5 Å². The minimum atomic E-state index is -1.00. The maximum Gasteiger partial charge on any atom is 0.321 e. The molecule has 0 aliphatic carbocycles. The molecule has 0 aromatic heterocycles. The molecule has 0 saturated heterocycles. The van der Waals surface area contributed by atoms with Crippen molar-refractivity contribution in [3.63, 3.8) is 0 Å². The summed E-state index contributed by atoms with van der Waals surface area (Å²) in [6.07, 6.45) is 0. The van der Waals surface area contributed by atoms with Crippen LogP contribution in [-0.4, -0.2) is 45.7 Å². The Morgan fingerprint density at radius 3 is 1.12 bits per heavy atom. The number of hydrogen-bond acceptors (Lipinski definition) is 6. The first-order valence-corrected chi connectivity index (χ1v) is 4.81. The second kappa shape index (κ2) is 16.0. The molecule has 16 heavy (non-hydrogen) atoms. The summed E-state index contributed by atoms with van der Waals surface area (Å²) in [5.41, 5.74) is 9.88. The topological polar surface area (TPSA) is 127 Å². The zero-order valence-electron chi connectivity index (χ0n) is 7.93. The van der Waals surface area contributed by atoms with E-state index in [0.29, 0.717) is 0 Å². The summed E-state index contributed by atoms with van der Waals surface area (Å²) in [4.78, 5) is 19.5. The largest absolute Gasteiger partial charge is 0.480 e. The van der Waals surface area contributed by atoms with Crippen LogP contribution in [0.4, 0.5) is 0 Å². The molecule has 0 amide bonds. The Bertz CT molecular complexity index is 179. The predicted molar refractivity (Wildman–Crippen MR) is 58.9 cm³/mol. The molecule has 0 aliphatic rings. The smallest absolute Gasteiger partial charge is 0.321 e. The van der Waals surface area contributed by atoms with Crippen molar-refractivity contribution in [1.82, 2.24) is 0 Å². The molecular weight excluding hydrogens is 622 g/mol. The van der Waals surface area contributed by atoms with Crippen molar-refractivity contribution >= 4 is 37.2 Å². The molecule has 0 aromatic carbocycles. The van der Waals surface area contributed by atoms with Crippen LogP contribution in [0.1, 0.15) is 0 Å². The van der Waals surface area contributed by atoms with Gasteiger partial charge in [-0.25, -0.2) is 0 Å². The summed E-state index contributed by atoms with van der Waals surface area (Å²) in [5, 5.41) is 16.0. The number of carbonyl (C=O) groups is 2. The van der Waals surface area contributed by atoms with Gasteiger partial charge in [0, 0.05) is 56.3 Å². The number of hydrogen-bond donors (Lipinski definition) is 6. The van der Waals surface area contributed by atoms with Crippen LogP contribution >= 0.6 is 25.3 Å². The summed E-state index contributed by atoms with van der Waals surface area (Å²) in [5.74, 6) is -1.63. The number of thiol groups is 2. The first-order valence-electron chi connectivity index (χ1n) is 3.55. The van der Waals surface area contributed by atoms with Crippen LogP contribution in [0, 0.1) is 0 Å². The predicted octanol–water partition coefficient (Wildman–Crippen LogP) is -1.35. The molecule has 0 saturated carbocycles. The summed E-state index contributed by atoms with van der Waals surface area (Å²) in [6.45, 7) is 0. The normalized spacial score (nSPS) is 11.8. The number of carboxylic acids is 2. The average molecular weight is 636 g/mol. The summed E-state index contributed by atoms with van der Waals surface area (Å²) in [6, 6.07) is -1.63. The van der Waals surface area contributed by atoms with Crippen molar-refractivity contribution in [3.8, 4) is 0 Å². The molecule has 0 heterocycles. The van der Waals surface area contributed by atoms with E-state index in [-0.39, 0.29) is 56.3 Å². The molecule has 0 bridgehead atoms. The Labute approximate surface area is 136 Å². The monoisotopic (exact) mass is 636 g/mol. The van der Waals surface area contributed by atoms with Gasteiger partial charge in [0.05, 0.1) is 0 Å². The van der Waals surface area contributed by atoms with Gasteiger partial charge in [0.15, 0.2) is 0 Å². The molecule has 0 aromatic rings. The number of carboxylic acid groups (broad SMARTS) is 2.